The molecule has 4 heterocycles. The Hall–Kier alpha value is -2.22. The number of piperazine rings is 1. The Morgan fingerprint density at radius 2 is 2.00 bits per heavy atom. The van der Waals surface area contributed by atoms with Gasteiger partial charge >= 0.3 is 0 Å². The van der Waals surface area contributed by atoms with Crippen LogP contribution in [0.1, 0.15) is 52.0 Å². The summed E-state index contributed by atoms with van der Waals surface area (Å²) < 4.78 is 57.4. The summed E-state index contributed by atoms with van der Waals surface area (Å²) in [7, 11) is -3.83. The molecule has 2 N–H and O–H groups in total. The molecular weight excluding hydrogens is 484 g/mol. The Morgan fingerprint density at radius 1 is 1.26 bits per heavy atom. The number of fused-ring (bicyclic) bond motifs is 1. The highest BCUT2D eigenvalue weighted by Crippen LogP contribution is 2.38. The van der Waals surface area contributed by atoms with Crippen LogP contribution in [-0.4, -0.2) is 58.2 Å². The fourth-order valence-corrected chi connectivity index (χ4v) is 6.54. The van der Waals surface area contributed by atoms with Crippen molar-refractivity contribution in [1.29, 1.82) is 0 Å². The molecule has 13 heteroatoms. The number of halogens is 2. The van der Waals surface area contributed by atoms with E-state index < -0.39 is 27.0 Å². The fourth-order valence-electron chi connectivity index (χ4n) is 4.37. The lowest BCUT2D eigenvalue weighted by Crippen LogP contribution is -2.59. The van der Waals surface area contributed by atoms with E-state index in [1.807, 2.05) is 6.92 Å². The van der Waals surface area contributed by atoms with Gasteiger partial charge in [-0.3, -0.25) is 4.40 Å². The first kappa shape index (κ1) is 23.5. The molecule has 3 aromatic rings. The molecule has 3 aromatic heterocycles. The van der Waals surface area contributed by atoms with E-state index in [0.717, 1.165) is 24.2 Å². The number of nitrogens with one attached hydrogen (secondary N) is 2. The Balaban J connectivity index is 1.69. The lowest BCUT2D eigenvalue weighted by atomic mass is 10.0. The first-order chi connectivity index (χ1) is 16.0. The van der Waals surface area contributed by atoms with Crippen molar-refractivity contribution in [3.63, 3.8) is 0 Å². The Bertz CT molecular complexity index is 1340. The third-order valence-corrected chi connectivity index (χ3v) is 9.18. The van der Waals surface area contributed by atoms with Crippen molar-refractivity contribution in [1.82, 2.24) is 29.6 Å². The van der Waals surface area contributed by atoms with Crippen LogP contribution in [0.15, 0.2) is 23.4 Å². The quantitative estimate of drug-likeness (QED) is 0.524. The highest BCUT2D eigenvalue weighted by Gasteiger charge is 2.42. The van der Waals surface area contributed by atoms with E-state index in [9.17, 15) is 17.2 Å². The first-order valence-electron chi connectivity index (χ1n) is 11.2. The summed E-state index contributed by atoms with van der Waals surface area (Å²) in [5.41, 5.74) is 0.949. The maximum absolute atomic E-state index is 13.3. The van der Waals surface area contributed by atoms with Crippen molar-refractivity contribution >= 4 is 32.6 Å². The smallest absolute Gasteiger partial charge is 0.291 e. The van der Waals surface area contributed by atoms with Crippen molar-refractivity contribution in [2.45, 2.75) is 75.5 Å². The van der Waals surface area contributed by atoms with Crippen LogP contribution in [0.25, 0.3) is 16.3 Å². The fraction of sp³-hybridized carbons (Fsp3) is 0.571. The lowest BCUT2D eigenvalue weighted by Gasteiger charge is -2.43. The topological polar surface area (TPSA) is 105 Å². The van der Waals surface area contributed by atoms with Gasteiger partial charge in [-0.05, 0) is 46.6 Å². The number of sulfonamides is 1. The number of hydrogen-bond donors (Lipinski definition) is 2. The third kappa shape index (κ3) is 4.18. The molecule has 9 nitrogen and oxygen atoms in total. The van der Waals surface area contributed by atoms with Gasteiger partial charge in [-0.15, -0.1) is 10.2 Å². The van der Waals surface area contributed by atoms with Gasteiger partial charge in [0.2, 0.25) is 10.0 Å². The molecule has 5 rings (SSSR count). The number of rotatable bonds is 6. The molecule has 0 radical (unpaired) electrons. The van der Waals surface area contributed by atoms with Gasteiger partial charge in [0.1, 0.15) is 4.90 Å². The summed E-state index contributed by atoms with van der Waals surface area (Å²) in [6, 6.07) is 2.12. The highest BCUT2D eigenvalue weighted by atomic mass is 32.2. The van der Waals surface area contributed by atoms with Crippen LogP contribution in [0.5, 0.6) is 0 Å². The molecule has 1 aliphatic carbocycles. The molecule has 0 aromatic carbocycles. The van der Waals surface area contributed by atoms with Gasteiger partial charge in [-0.2, -0.15) is 0 Å². The van der Waals surface area contributed by atoms with E-state index in [2.05, 4.69) is 50.9 Å². The minimum Gasteiger partial charge on any atom is -0.364 e. The van der Waals surface area contributed by atoms with E-state index in [1.165, 1.54) is 6.20 Å². The van der Waals surface area contributed by atoms with Crippen LogP contribution in [0.2, 0.25) is 0 Å². The molecule has 0 bridgehead atoms. The minimum absolute atomic E-state index is 0.0807. The molecule has 1 aliphatic heterocycles. The van der Waals surface area contributed by atoms with Gasteiger partial charge in [-0.1, -0.05) is 11.3 Å². The monoisotopic (exact) mass is 511 g/mol. The van der Waals surface area contributed by atoms with Crippen LogP contribution < -0.4 is 14.9 Å². The van der Waals surface area contributed by atoms with E-state index in [0.29, 0.717) is 17.7 Å². The molecule has 184 valence electrons. The van der Waals surface area contributed by atoms with Gasteiger partial charge < -0.3 is 10.2 Å². The standard InChI is InChI=1S/C21H27F2N7O2S2/c1-11-9-29(13(3)12(2)25-11)15-7-14(34(31,32)28-21(4)5-6-21)10-30-16(15)8-24-18(30)20-27-26-19(33-20)17(22)23/h7-8,10-13,17,25,28H,5-6,9H2,1-4H3/t11-,12+,13+/m1/s1. The number of pyridine rings is 1. The second kappa shape index (κ2) is 8.18. The summed E-state index contributed by atoms with van der Waals surface area (Å²) in [6.45, 7) is 8.81. The number of imidazole rings is 1. The van der Waals surface area contributed by atoms with E-state index in [-0.39, 0.29) is 33.9 Å². The minimum atomic E-state index is -3.83. The summed E-state index contributed by atoms with van der Waals surface area (Å²) in [4.78, 5) is 6.70. The second-order valence-electron chi connectivity index (χ2n) is 9.56. The first-order valence-corrected chi connectivity index (χ1v) is 13.5. The number of anilines is 1. The average molecular weight is 512 g/mol. The summed E-state index contributed by atoms with van der Waals surface area (Å²) in [5.74, 6) is 0.277. The third-order valence-electron chi connectivity index (χ3n) is 6.65. The molecule has 2 fully saturated rings. The maximum Gasteiger partial charge on any atom is 0.291 e. The zero-order chi connectivity index (χ0) is 24.4. The van der Waals surface area contributed by atoms with Crippen molar-refractivity contribution in [3.05, 3.63) is 23.5 Å². The number of hydrogen-bond acceptors (Lipinski definition) is 8. The van der Waals surface area contributed by atoms with Gasteiger partial charge in [0.25, 0.3) is 6.43 Å². The Morgan fingerprint density at radius 3 is 2.65 bits per heavy atom. The zero-order valence-corrected chi connectivity index (χ0v) is 20.9. The molecule has 0 unspecified atom stereocenters. The molecular formula is C21H27F2N7O2S2. The van der Waals surface area contributed by atoms with Crippen LogP contribution in [-0.2, 0) is 10.0 Å². The molecule has 34 heavy (non-hydrogen) atoms. The second-order valence-corrected chi connectivity index (χ2v) is 12.3. The number of nitrogens with zero attached hydrogens (tertiary/aromatic N) is 5. The predicted molar refractivity (Wildman–Crippen MR) is 126 cm³/mol. The molecule has 3 atom stereocenters. The van der Waals surface area contributed by atoms with Crippen molar-refractivity contribution in [2.75, 3.05) is 11.4 Å². The van der Waals surface area contributed by atoms with E-state index in [1.54, 1.807) is 16.7 Å². The van der Waals surface area contributed by atoms with Crippen molar-refractivity contribution in [2.24, 2.45) is 0 Å². The largest absolute Gasteiger partial charge is 0.364 e. The Kier molecular flexibility index (Phi) is 5.66. The molecule has 1 saturated carbocycles. The molecule has 0 amide bonds. The Labute approximate surface area is 200 Å². The van der Waals surface area contributed by atoms with Crippen LogP contribution in [0.3, 0.4) is 0 Å². The van der Waals surface area contributed by atoms with Gasteiger partial charge in [-0.25, -0.2) is 26.9 Å². The summed E-state index contributed by atoms with van der Waals surface area (Å²) >= 11 is 0.745. The van der Waals surface area contributed by atoms with Crippen LogP contribution in [0, 0.1) is 0 Å². The normalized spacial score (nSPS) is 24.8. The van der Waals surface area contributed by atoms with E-state index >= 15 is 0 Å². The van der Waals surface area contributed by atoms with Crippen LogP contribution in [0.4, 0.5) is 14.5 Å². The molecule has 0 spiro atoms. The van der Waals surface area contributed by atoms with Crippen LogP contribution >= 0.6 is 11.3 Å². The van der Waals surface area contributed by atoms with Gasteiger partial charge in [0.15, 0.2) is 15.8 Å². The lowest BCUT2D eigenvalue weighted by molar-refractivity contribution is 0.150. The number of alkyl halides is 2. The molecule has 1 saturated heterocycles. The van der Waals surface area contributed by atoms with Gasteiger partial charge in [0, 0.05) is 36.4 Å². The van der Waals surface area contributed by atoms with Crippen molar-refractivity contribution in [3.8, 4) is 10.8 Å². The zero-order valence-electron chi connectivity index (χ0n) is 19.3. The van der Waals surface area contributed by atoms with Gasteiger partial charge in [0.05, 0.1) is 17.4 Å². The predicted octanol–water partition coefficient (Wildman–Crippen LogP) is 3.20. The van der Waals surface area contributed by atoms with Crippen molar-refractivity contribution < 1.29 is 17.2 Å². The summed E-state index contributed by atoms with van der Waals surface area (Å²) in [6.07, 6.45) is 1.94. The summed E-state index contributed by atoms with van der Waals surface area (Å²) in [5, 5.41) is 10.8. The van der Waals surface area contributed by atoms with E-state index in [4.69, 9.17) is 0 Å². The molecule has 2 aliphatic rings. The number of aromatic nitrogens is 4. The highest BCUT2D eigenvalue weighted by molar-refractivity contribution is 7.89. The SMILES string of the molecule is C[C@@H]1CN(c2cc(S(=O)(=O)NC3(C)CC3)cn3c(-c4nnc(C(F)F)s4)ncc23)[C@@H](C)[C@H](C)N1. The maximum atomic E-state index is 13.3. The average Bonchev–Trinajstić information content (AvgIpc) is 3.17.